The number of hydrogen-bond donors (Lipinski definition) is 0. The summed E-state index contributed by atoms with van der Waals surface area (Å²) in [6.45, 7) is 0. The van der Waals surface area contributed by atoms with Crippen LogP contribution in [-0.4, -0.2) is 0 Å². The number of anilines is 3. The third-order valence-electron chi connectivity index (χ3n) is 10.4. The first-order valence-electron chi connectivity index (χ1n) is 18.9. The summed E-state index contributed by atoms with van der Waals surface area (Å²) in [4.78, 5) is 2.34. The Morgan fingerprint density at radius 3 is 1.05 bits per heavy atom. The van der Waals surface area contributed by atoms with Gasteiger partial charge in [-0.15, -0.1) is 0 Å². The third kappa shape index (κ3) is 7.23. The van der Waals surface area contributed by atoms with Crippen molar-refractivity contribution in [2.45, 2.75) is 0 Å². The van der Waals surface area contributed by atoms with E-state index in [0.29, 0.717) is 0 Å². The monoisotopic (exact) mass is 779 g/mol. The smallest absolute Gasteiger partial charge is 0.0462 e. The second-order valence-electron chi connectivity index (χ2n) is 13.9. The van der Waals surface area contributed by atoms with Crippen LogP contribution in [0, 0.1) is 0 Å². The van der Waals surface area contributed by atoms with Crippen molar-refractivity contribution in [3.63, 3.8) is 0 Å². The average molecular weight is 781 g/mol. The Balaban J connectivity index is 1.13. The predicted molar refractivity (Wildman–Crippen MR) is 241 cm³/mol. The minimum Gasteiger partial charge on any atom is -0.311 e. The molecular formula is C54H38BrN. The van der Waals surface area contributed by atoms with Crippen LogP contribution in [-0.2, 0) is 0 Å². The van der Waals surface area contributed by atoms with Gasteiger partial charge >= 0.3 is 0 Å². The van der Waals surface area contributed by atoms with E-state index in [0.717, 1.165) is 27.1 Å². The molecule has 0 aliphatic heterocycles. The zero-order chi connectivity index (χ0) is 37.7. The largest absolute Gasteiger partial charge is 0.311 e. The second-order valence-corrected chi connectivity index (χ2v) is 14.7. The summed E-state index contributed by atoms with van der Waals surface area (Å²) < 4.78 is 1.07. The van der Waals surface area contributed by atoms with Gasteiger partial charge < -0.3 is 4.90 Å². The molecule has 9 aromatic carbocycles. The fourth-order valence-corrected chi connectivity index (χ4v) is 8.06. The Hall–Kier alpha value is -6.74. The van der Waals surface area contributed by atoms with Crippen LogP contribution in [0.1, 0.15) is 0 Å². The van der Waals surface area contributed by atoms with Crippen molar-refractivity contribution in [2.75, 3.05) is 4.90 Å². The van der Waals surface area contributed by atoms with Gasteiger partial charge in [-0.1, -0.05) is 198 Å². The van der Waals surface area contributed by atoms with E-state index in [1.54, 1.807) is 0 Å². The van der Waals surface area contributed by atoms with E-state index in [1.165, 1.54) is 61.2 Å². The maximum atomic E-state index is 3.85. The van der Waals surface area contributed by atoms with Crippen molar-refractivity contribution >= 4 is 33.0 Å². The molecule has 0 radical (unpaired) electrons. The summed E-state index contributed by atoms with van der Waals surface area (Å²) in [6.07, 6.45) is 0. The molecule has 0 fully saturated rings. The van der Waals surface area contributed by atoms with Gasteiger partial charge in [0.15, 0.2) is 0 Å². The summed E-state index contributed by atoms with van der Waals surface area (Å²) in [5.41, 5.74) is 17.5. The van der Waals surface area contributed by atoms with E-state index >= 15 is 0 Å². The predicted octanol–water partition coefficient (Wildman–Crippen LogP) is 15.9. The molecule has 0 aliphatic rings. The highest BCUT2D eigenvalue weighted by atomic mass is 79.9. The van der Waals surface area contributed by atoms with Crippen molar-refractivity contribution < 1.29 is 0 Å². The topological polar surface area (TPSA) is 3.24 Å². The molecule has 9 aromatic rings. The maximum absolute atomic E-state index is 3.85. The summed E-state index contributed by atoms with van der Waals surface area (Å²) in [7, 11) is 0. The number of halogens is 1. The van der Waals surface area contributed by atoms with Crippen LogP contribution < -0.4 is 4.90 Å². The Labute approximate surface area is 338 Å². The molecule has 266 valence electrons. The first kappa shape index (κ1) is 35.0. The SMILES string of the molecule is Brc1ccccc1-c1ccc(-c2ccccc2)cc1-c1ccccc1-c1ccc(N(c2ccc(-c3ccccc3)cc2)c2ccc(-c3ccccc3)cc2)cc1. The molecule has 0 bridgehead atoms. The summed E-state index contributed by atoms with van der Waals surface area (Å²) >= 11 is 3.85. The van der Waals surface area contributed by atoms with E-state index in [2.05, 4.69) is 251 Å². The van der Waals surface area contributed by atoms with Crippen molar-refractivity contribution in [3.05, 3.63) is 235 Å². The fourth-order valence-electron chi connectivity index (χ4n) is 7.57. The number of benzene rings is 9. The molecule has 0 aliphatic carbocycles. The van der Waals surface area contributed by atoms with Crippen LogP contribution in [0.15, 0.2) is 235 Å². The molecule has 0 unspecified atom stereocenters. The molecule has 9 rings (SSSR count). The van der Waals surface area contributed by atoms with Gasteiger partial charge in [0.1, 0.15) is 0 Å². The zero-order valence-electron chi connectivity index (χ0n) is 30.8. The number of nitrogens with zero attached hydrogens (tertiary/aromatic N) is 1. The highest BCUT2D eigenvalue weighted by Crippen LogP contribution is 2.43. The van der Waals surface area contributed by atoms with Crippen LogP contribution in [0.25, 0.3) is 66.8 Å². The lowest BCUT2D eigenvalue weighted by Crippen LogP contribution is -2.09. The molecule has 1 nitrogen and oxygen atoms in total. The Morgan fingerprint density at radius 2 is 0.571 bits per heavy atom. The van der Waals surface area contributed by atoms with Gasteiger partial charge in [0.25, 0.3) is 0 Å². The Morgan fingerprint density at radius 1 is 0.232 bits per heavy atom. The minimum atomic E-state index is 1.07. The average Bonchev–Trinajstić information content (AvgIpc) is 3.28. The molecule has 0 heterocycles. The number of hydrogen-bond acceptors (Lipinski definition) is 1. The molecule has 2 heteroatoms. The minimum absolute atomic E-state index is 1.07. The molecule has 0 spiro atoms. The molecule has 0 atom stereocenters. The second kappa shape index (κ2) is 15.9. The van der Waals surface area contributed by atoms with Gasteiger partial charge in [-0.3, -0.25) is 0 Å². The molecule has 0 saturated heterocycles. The van der Waals surface area contributed by atoms with Gasteiger partial charge in [0.05, 0.1) is 0 Å². The lowest BCUT2D eigenvalue weighted by Gasteiger charge is -2.26. The lowest BCUT2D eigenvalue weighted by molar-refractivity contribution is 1.28. The lowest BCUT2D eigenvalue weighted by atomic mass is 9.87. The molecule has 0 amide bonds. The van der Waals surface area contributed by atoms with Crippen molar-refractivity contribution in [3.8, 4) is 66.8 Å². The van der Waals surface area contributed by atoms with Crippen molar-refractivity contribution in [2.24, 2.45) is 0 Å². The standard InChI is InChI=1S/C54H38BrN/c55-54-23-13-12-22-52(54)51-37-30-45(41-18-8-3-9-19-41)38-53(51)50-21-11-10-20-49(50)44-28-35-48(36-29-44)56(46-31-24-42(25-32-46)39-14-4-1-5-15-39)47-33-26-43(27-34-47)40-16-6-2-7-17-40/h1-38H. The van der Waals surface area contributed by atoms with Gasteiger partial charge in [0.2, 0.25) is 0 Å². The fraction of sp³-hybridized carbons (Fsp3) is 0. The van der Waals surface area contributed by atoms with Gasteiger partial charge in [0, 0.05) is 21.5 Å². The summed E-state index contributed by atoms with van der Waals surface area (Å²) in [5, 5.41) is 0. The molecular weight excluding hydrogens is 743 g/mol. The normalized spacial score (nSPS) is 10.9. The quantitative estimate of drug-likeness (QED) is 0.141. The molecule has 0 aromatic heterocycles. The third-order valence-corrected chi connectivity index (χ3v) is 11.1. The first-order chi connectivity index (χ1) is 27.7. The van der Waals surface area contributed by atoms with E-state index < -0.39 is 0 Å². The van der Waals surface area contributed by atoms with Gasteiger partial charge in [-0.2, -0.15) is 0 Å². The summed E-state index contributed by atoms with van der Waals surface area (Å²) in [6, 6.07) is 82.6. The van der Waals surface area contributed by atoms with Gasteiger partial charge in [-0.25, -0.2) is 0 Å². The Bertz CT molecular complexity index is 2620. The highest BCUT2D eigenvalue weighted by molar-refractivity contribution is 9.10. The van der Waals surface area contributed by atoms with Crippen molar-refractivity contribution in [1.82, 2.24) is 0 Å². The van der Waals surface area contributed by atoms with Crippen LogP contribution in [0.2, 0.25) is 0 Å². The van der Waals surface area contributed by atoms with E-state index in [1.807, 2.05) is 0 Å². The van der Waals surface area contributed by atoms with Crippen molar-refractivity contribution in [1.29, 1.82) is 0 Å². The van der Waals surface area contributed by atoms with Crippen LogP contribution in [0.3, 0.4) is 0 Å². The number of rotatable bonds is 9. The summed E-state index contributed by atoms with van der Waals surface area (Å²) in [5.74, 6) is 0. The first-order valence-corrected chi connectivity index (χ1v) is 19.7. The van der Waals surface area contributed by atoms with E-state index in [4.69, 9.17) is 0 Å². The Kier molecular flexibility index (Phi) is 9.95. The highest BCUT2D eigenvalue weighted by Gasteiger charge is 2.18. The zero-order valence-corrected chi connectivity index (χ0v) is 32.4. The molecule has 0 N–H and O–H groups in total. The van der Waals surface area contributed by atoms with Gasteiger partial charge in [-0.05, 0) is 115 Å². The van der Waals surface area contributed by atoms with E-state index in [-0.39, 0.29) is 0 Å². The van der Waals surface area contributed by atoms with E-state index in [9.17, 15) is 0 Å². The molecule has 56 heavy (non-hydrogen) atoms. The van der Waals surface area contributed by atoms with Crippen LogP contribution in [0.4, 0.5) is 17.1 Å². The van der Waals surface area contributed by atoms with Crippen LogP contribution >= 0.6 is 15.9 Å². The molecule has 0 saturated carbocycles. The maximum Gasteiger partial charge on any atom is 0.0462 e. The van der Waals surface area contributed by atoms with Crippen LogP contribution in [0.5, 0.6) is 0 Å².